The number of hydrogen-bond acceptors (Lipinski definition) is 4. The summed E-state index contributed by atoms with van der Waals surface area (Å²) in [4.78, 5) is 11.9. The van der Waals surface area contributed by atoms with E-state index in [0.717, 1.165) is 28.4 Å². The van der Waals surface area contributed by atoms with Crippen molar-refractivity contribution in [1.29, 1.82) is 0 Å². The van der Waals surface area contributed by atoms with Crippen LogP contribution in [0, 0.1) is 6.92 Å². The molecule has 0 radical (unpaired) electrons. The van der Waals surface area contributed by atoms with Crippen LogP contribution in [0.2, 0.25) is 0 Å². The van der Waals surface area contributed by atoms with Gasteiger partial charge in [0, 0.05) is 6.42 Å². The molecule has 132 valence electrons. The molecule has 0 atom stereocenters. The van der Waals surface area contributed by atoms with E-state index < -0.39 is 0 Å². The molecule has 0 aromatic heterocycles. The van der Waals surface area contributed by atoms with E-state index in [1.54, 1.807) is 0 Å². The monoisotopic (exact) mass is 341 g/mol. The first kappa shape index (κ1) is 17.1. The second kappa shape index (κ2) is 8.42. The van der Waals surface area contributed by atoms with Crippen molar-refractivity contribution in [1.82, 2.24) is 5.32 Å². The first-order valence-corrected chi connectivity index (χ1v) is 8.55. The van der Waals surface area contributed by atoms with Gasteiger partial charge in [-0.25, -0.2) is 0 Å². The molecule has 0 spiro atoms. The van der Waals surface area contributed by atoms with Crippen LogP contribution in [0.4, 0.5) is 0 Å². The summed E-state index contributed by atoms with van der Waals surface area (Å²) in [7, 11) is 0. The third kappa shape index (κ3) is 5.14. The van der Waals surface area contributed by atoms with E-state index in [1.165, 1.54) is 0 Å². The van der Waals surface area contributed by atoms with Gasteiger partial charge in [-0.15, -0.1) is 0 Å². The van der Waals surface area contributed by atoms with Gasteiger partial charge < -0.3 is 19.5 Å². The van der Waals surface area contributed by atoms with Crippen molar-refractivity contribution in [2.24, 2.45) is 0 Å². The lowest BCUT2D eigenvalue weighted by molar-refractivity contribution is -0.121. The Labute approximate surface area is 147 Å². The highest BCUT2D eigenvalue weighted by Crippen LogP contribution is 2.31. The quantitative estimate of drug-likeness (QED) is 0.787. The summed E-state index contributed by atoms with van der Waals surface area (Å²) in [5.74, 6) is 2.37. The van der Waals surface area contributed by atoms with Crippen LogP contribution in [0.1, 0.15) is 17.5 Å². The van der Waals surface area contributed by atoms with Crippen LogP contribution in [-0.2, 0) is 11.2 Å². The maximum Gasteiger partial charge on any atom is 0.220 e. The van der Waals surface area contributed by atoms with Crippen LogP contribution in [0.15, 0.2) is 42.5 Å². The van der Waals surface area contributed by atoms with Crippen LogP contribution in [0.25, 0.3) is 0 Å². The Morgan fingerprint density at radius 1 is 1.12 bits per heavy atom. The number of benzene rings is 2. The SMILES string of the molecule is Cc1cccc(OCCNC(=O)CCc2ccc3c(c2)OCCO3)c1. The Morgan fingerprint density at radius 3 is 2.80 bits per heavy atom. The molecule has 25 heavy (non-hydrogen) atoms. The highest BCUT2D eigenvalue weighted by atomic mass is 16.6. The number of hydrogen-bond donors (Lipinski definition) is 1. The number of fused-ring (bicyclic) bond motifs is 1. The minimum atomic E-state index is 0.0164. The van der Waals surface area contributed by atoms with Crippen LogP contribution < -0.4 is 19.5 Å². The second-order valence-electron chi connectivity index (χ2n) is 5.99. The summed E-state index contributed by atoms with van der Waals surface area (Å²) in [6.45, 7) is 4.12. The fraction of sp³-hybridized carbons (Fsp3) is 0.350. The van der Waals surface area contributed by atoms with Gasteiger partial charge in [-0.3, -0.25) is 4.79 Å². The van der Waals surface area contributed by atoms with Crippen molar-refractivity contribution in [3.63, 3.8) is 0 Å². The molecule has 1 aliphatic heterocycles. The lowest BCUT2D eigenvalue weighted by atomic mass is 10.1. The number of carbonyl (C=O) groups is 1. The Morgan fingerprint density at radius 2 is 1.96 bits per heavy atom. The molecule has 1 heterocycles. The average Bonchev–Trinajstić information content (AvgIpc) is 2.63. The van der Waals surface area contributed by atoms with E-state index in [1.807, 2.05) is 49.4 Å². The fourth-order valence-electron chi connectivity index (χ4n) is 2.65. The molecule has 3 rings (SSSR count). The highest BCUT2D eigenvalue weighted by Gasteiger charge is 2.12. The van der Waals surface area contributed by atoms with Crippen molar-refractivity contribution < 1.29 is 19.0 Å². The molecular formula is C20H23NO4. The molecule has 0 fully saturated rings. The minimum Gasteiger partial charge on any atom is -0.492 e. The predicted molar refractivity (Wildman–Crippen MR) is 95.4 cm³/mol. The molecule has 0 saturated heterocycles. The van der Waals surface area contributed by atoms with Crippen LogP contribution in [0.5, 0.6) is 17.2 Å². The van der Waals surface area contributed by atoms with Gasteiger partial charge in [0.25, 0.3) is 0 Å². The first-order valence-electron chi connectivity index (χ1n) is 8.55. The van der Waals surface area contributed by atoms with Gasteiger partial charge in [0.1, 0.15) is 25.6 Å². The lowest BCUT2D eigenvalue weighted by Gasteiger charge is -2.18. The van der Waals surface area contributed by atoms with Gasteiger partial charge in [-0.2, -0.15) is 0 Å². The highest BCUT2D eigenvalue weighted by molar-refractivity contribution is 5.76. The molecule has 1 amide bonds. The number of amides is 1. The van der Waals surface area contributed by atoms with E-state index in [2.05, 4.69) is 5.32 Å². The van der Waals surface area contributed by atoms with Gasteiger partial charge >= 0.3 is 0 Å². The Hall–Kier alpha value is -2.69. The van der Waals surface area contributed by atoms with E-state index >= 15 is 0 Å². The van der Waals surface area contributed by atoms with Gasteiger partial charge in [0.15, 0.2) is 11.5 Å². The molecule has 0 saturated carbocycles. The van der Waals surface area contributed by atoms with E-state index in [-0.39, 0.29) is 5.91 Å². The topological polar surface area (TPSA) is 56.8 Å². The van der Waals surface area contributed by atoms with E-state index in [9.17, 15) is 4.79 Å². The smallest absolute Gasteiger partial charge is 0.220 e. The predicted octanol–water partition coefficient (Wildman–Crippen LogP) is 2.89. The number of carbonyl (C=O) groups excluding carboxylic acids is 1. The third-order valence-corrected chi connectivity index (χ3v) is 3.93. The molecule has 5 heteroatoms. The molecule has 1 aliphatic rings. The summed E-state index contributed by atoms with van der Waals surface area (Å²) >= 11 is 0. The van der Waals surface area contributed by atoms with Crippen molar-refractivity contribution in [2.75, 3.05) is 26.4 Å². The first-order chi connectivity index (χ1) is 12.2. The summed E-state index contributed by atoms with van der Waals surface area (Å²) in [6.07, 6.45) is 1.10. The maximum absolute atomic E-state index is 11.9. The Balaban J connectivity index is 1.37. The number of ether oxygens (including phenoxy) is 3. The molecule has 0 aliphatic carbocycles. The van der Waals surface area contributed by atoms with Crippen molar-refractivity contribution in [2.45, 2.75) is 19.8 Å². The number of rotatable bonds is 7. The Bertz CT molecular complexity index is 729. The zero-order valence-corrected chi connectivity index (χ0v) is 14.4. The van der Waals surface area contributed by atoms with Crippen molar-refractivity contribution >= 4 is 5.91 Å². The molecular weight excluding hydrogens is 318 g/mol. The van der Waals surface area contributed by atoms with Crippen LogP contribution >= 0.6 is 0 Å². The van der Waals surface area contributed by atoms with Gasteiger partial charge in [0.05, 0.1) is 6.54 Å². The minimum absolute atomic E-state index is 0.0164. The molecule has 0 bridgehead atoms. The molecule has 0 unspecified atom stereocenters. The zero-order valence-electron chi connectivity index (χ0n) is 14.4. The Kier molecular flexibility index (Phi) is 5.77. The summed E-state index contributed by atoms with van der Waals surface area (Å²) in [6, 6.07) is 13.7. The fourth-order valence-corrected chi connectivity index (χ4v) is 2.65. The number of nitrogens with one attached hydrogen (secondary N) is 1. The van der Waals surface area contributed by atoms with Crippen molar-refractivity contribution in [3.8, 4) is 17.2 Å². The third-order valence-electron chi connectivity index (χ3n) is 3.93. The van der Waals surface area contributed by atoms with Crippen molar-refractivity contribution in [3.05, 3.63) is 53.6 Å². The van der Waals surface area contributed by atoms with Crippen LogP contribution in [-0.4, -0.2) is 32.3 Å². The van der Waals surface area contributed by atoms with Crippen LogP contribution in [0.3, 0.4) is 0 Å². The summed E-state index contributed by atoms with van der Waals surface area (Å²) < 4.78 is 16.7. The van der Waals surface area contributed by atoms with Gasteiger partial charge in [-0.05, 0) is 48.7 Å². The molecule has 5 nitrogen and oxygen atoms in total. The maximum atomic E-state index is 11.9. The van der Waals surface area contributed by atoms with Gasteiger partial charge in [0.2, 0.25) is 5.91 Å². The van der Waals surface area contributed by atoms with E-state index in [4.69, 9.17) is 14.2 Å². The molecule has 2 aromatic carbocycles. The average molecular weight is 341 g/mol. The second-order valence-corrected chi connectivity index (χ2v) is 5.99. The number of aryl methyl sites for hydroxylation is 2. The molecule has 2 aromatic rings. The van der Waals surface area contributed by atoms with E-state index in [0.29, 0.717) is 39.2 Å². The summed E-state index contributed by atoms with van der Waals surface area (Å²) in [5, 5.41) is 2.88. The summed E-state index contributed by atoms with van der Waals surface area (Å²) in [5.41, 5.74) is 2.22. The lowest BCUT2D eigenvalue weighted by Crippen LogP contribution is -2.28. The zero-order chi connectivity index (χ0) is 17.5. The molecule has 1 N–H and O–H groups in total. The normalized spacial score (nSPS) is 12.5. The standard InChI is InChI=1S/C20H23NO4/c1-15-3-2-4-17(13-15)23-10-9-21-20(22)8-6-16-5-7-18-19(14-16)25-12-11-24-18/h2-5,7,13-14H,6,8-12H2,1H3,(H,21,22). The largest absolute Gasteiger partial charge is 0.492 e. The van der Waals surface area contributed by atoms with Gasteiger partial charge in [-0.1, -0.05) is 18.2 Å².